The molecular weight excluding hydrogens is 792 g/mol. The third-order valence-corrected chi connectivity index (χ3v) is 10.5. The zero-order chi connectivity index (χ0) is 43.5. The molecule has 0 saturated carbocycles. The van der Waals surface area contributed by atoms with E-state index < -0.39 is 12.3 Å². The highest BCUT2D eigenvalue weighted by molar-refractivity contribution is 6.30. The first-order valence-corrected chi connectivity index (χ1v) is 20.4. The number of aryl methyl sites for hydroxylation is 3. The number of carbonyl (C=O) groups is 2. The van der Waals surface area contributed by atoms with Gasteiger partial charge in [0.15, 0.2) is 24.0 Å². The Morgan fingerprint density at radius 1 is 0.656 bits per heavy atom. The molecule has 2 amide bonds. The fourth-order valence-corrected chi connectivity index (χ4v) is 7.26. The quantitative estimate of drug-likeness (QED) is 0.149. The number of hydrogen-bond donors (Lipinski definition) is 2. The van der Waals surface area contributed by atoms with Crippen molar-refractivity contribution in [3.63, 3.8) is 0 Å². The number of amides is 2. The smallest absolute Gasteiger partial charge is 0.224 e. The molecule has 0 aliphatic carbocycles. The van der Waals surface area contributed by atoms with Gasteiger partial charge < -0.3 is 20.1 Å². The van der Waals surface area contributed by atoms with Crippen LogP contribution in [0.4, 0.5) is 0 Å². The standard InChI is InChI=1S/C24H27N5O2.C22H22ClN5O2/c1-14(2)12-21(30)25-23-24-28-27-16(4)29(24)20-11-10-18(31-5)13-19(20)22(26-23)17-8-6-15(3)7-9-17;1-12(2)22(29)25-20-21-27-26-13(3)28(21)18-10-9-16(30-4)11-17(18)19(24-20)14-5-7-15(23)8-6-14/h6-11,13-14,23H,12H2,1-5H3,(H,25,30);5-12,20H,1-4H3,(H,25,29)/t23-;20-/m10/s1. The molecule has 61 heavy (non-hydrogen) atoms. The van der Waals surface area contributed by atoms with Crippen molar-refractivity contribution in [2.24, 2.45) is 21.8 Å². The van der Waals surface area contributed by atoms with E-state index in [1.54, 1.807) is 14.2 Å². The summed E-state index contributed by atoms with van der Waals surface area (Å²) in [5.41, 5.74) is 7.98. The molecule has 0 saturated heterocycles. The molecule has 4 heterocycles. The van der Waals surface area contributed by atoms with E-state index in [0.717, 1.165) is 50.9 Å². The van der Waals surface area contributed by atoms with E-state index in [1.165, 1.54) is 5.56 Å². The molecule has 14 nitrogen and oxygen atoms in total. The maximum Gasteiger partial charge on any atom is 0.224 e. The summed E-state index contributed by atoms with van der Waals surface area (Å²) in [6.45, 7) is 13.5. The maximum atomic E-state index is 12.7. The van der Waals surface area contributed by atoms with E-state index in [0.29, 0.717) is 40.4 Å². The van der Waals surface area contributed by atoms with Crippen LogP contribution in [-0.4, -0.2) is 67.0 Å². The molecular formula is C46H49ClN10O4. The van der Waals surface area contributed by atoms with Crippen molar-refractivity contribution in [2.75, 3.05) is 14.2 Å². The van der Waals surface area contributed by atoms with Crippen molar-refractivity contribution in [2.45, 2.75) is 67.2 Å². The number of methoxy groups -OCH3 is 2. The minimum absolute atomic E-state index is 0.0669. The molecule has 0 unspecified atom stereocenters. The van der Waals surface area contributed by atoms with Crippen LogP contribution in [0.25, 0.3) is 11.4 Å². The first-order valence-electron chi connectivity index (χ1n) is 20.1. The van der Waals surface area contributed by atoms with Crippen molar-refractivity contribution < 1.29 is 19.1 Å². The lowest BCUT2D eigenvalue weighted by atomic mass is 9.99. The van der Waals surface area contributed by atoms with Gasteiger partial charge in [-0.25, -0.2) is 0 Å². The third kappa shape index (κ3) is 8.95. The van der Waals surface area contributed by atoms with Crippen molar-refractivity contribution in [3.05, 3.63) is 141 Å². The molecule has 0 bridgehead atoms. The monoisotopic (exact) mass is 840 g/mol. The highest BCUT2D eigenvalue weighted by Crippen LogP contribution is 2.34. The summed E-state index contributed by atoms with van der Waals surface area (Å²) >= 11 is 6.10. The fraction of sp³-hybridized carbons (Fsp3) is 0.304. The number of fused-ring (bicyclic) bond motifs is 6. The molecule has 2 aromatic heterocycles. The van der Waals surface area contributed by atoms with Gasteiger partial charge in [-0.05, 0) is 75.2 Å². The second-order valence-corrected chi connectivity index (χ2v) is 16.0. The van der Waals surface area contributed by atoms with Crippen molar-refractivity contribution in [1.82, 2.24) is 40.2 Å². The summed E-state index contributed by atoms with van der Waals surface area (Å²) in [6, 6.07) is 27.3. The summed E-state index contributed by atoms with van der Waals surface area (Å²) < 4.78 is 14.8. The predicted molar refractivity (Wildman–Crippen MR) is 235 cm³/mol. The first-order chi connectivity index (χ1) is 29.3. The number of rotatable bonds is 9. The summed E-state index contributed by atoms with van der Waals surface area (Å²) in [7, 11) is 3.27. The van der Waals surface area contributed by atoms with Gasteiger partial charge >= 0.3 is 0 Å². The summed E-state index contributed by atoms with van der Waals surface area (Å²) in [6.07, 6.45) is -0.924. The van der Waals surface area contributed by atoms with Crippen LogP contribution in [0.1, 0.15) is 97.6 Å². The second kappa shape index (κ2) is 17.9. The molecule has 314 valence electrons. The van der Waals surface area contributed by atoms with Crippen LogP contribution in [-0.2, 0) is 9.59 Å². The number of carbonyl (C=O) groups excluding carboxylic acids is 2. The van der Waals surface area contributed by atoms with E-state index >= 15 is 0 Å². The number of nitrogens with zero attached hydrogens (tertiary/aromatic N) is 8. The average Bonchev–Trinajstić information content (AvgIpc) is 3.74. The zero-order valence-corrected chi connectivity index (χ0v) is 36.4. The van der Waals surface area contributed by atoms with Gasteiger partial charge in [0, 0.05) is 39.6 Å². The molecule has 2 N–H and O–H groups in total. The molecule has 15 heteroatoms. The van der Waals surface area contributed by atoms with Crippen molar-refractivity contribution >= 4 is 34.8 Å². The maximum absolute atomic E-state index is 12.7. The van der Waals surface area contributed by atoms with Crippen LogP contribution in [0.3, 0.4) is 0 Å². The van der Waals surface area contributed by atoms with Gasteiger partial charge in [0.05, 0.1) is 37.0 Å². The summed E-state index contributed by atoms with van der Waals surface area (Å²) in [4.78, 5) is 35.1. The van der Waals surface area contributed by atoms with Crippen molar-refractivity contribution in [3.8, 4) is 22.9 Å². The highest BCUT2D eigenvalue weighted by Gasteiger charge is 2.31. The Morgan fingerprint density at radius 2 is 1.11 bits per heavy atom. The molecule has 0 spiro atoms. The Hall–Kier alpha value is -6.67. The number of hydrogen-bond acceptors (Lipinski definition) is 10. The van der Waals surface area contributed by atoms with Gasteiger partial charge in [-0.3, -0.25) is 28.7 Å². The number of aliphatic imine (C=N–C) groups is 2. The second-order valence-electron chi connectivity index (χ2n) is 15.6. The fourth-order valence-electron chi connectivity index (χ4n) is 7.13. The average molecular weight is 841 g/mol. The molecule has 0 fully saturated rings. The number of halogens is 1. The third-order valence-electron chi connectivity index (χ3n) is 10.2. The molecule has 4 aromatic carbocycles. The molecule has 2 atom stereocenters. The van der Waals surface area contributed by atoms with E-state index in [-0.39, 0.29) is 23.7 Å². The number of aromatic nitrogens is 6. The van der Waals surface area contributed by atoms with E-state index in [9.17, 15) is 9.59 Å². The van der Waals surface area contributed by atoms with E-state index in [1.807, 2.05) is 123 Å². The Morgan fingerprint density at radius 3 is 1.56 bits per heavy atom. The predicted octanol–water partition coefficient (Wildman–Crippen LogP) is 7.76. The Balaban J connectivity index is 0.000000184. The largest absolute Gasteiger partial charge is 0.497 e. The van der Waals surface area contributed by atoms with Crippen LogP contribution in [0.5, 0.6) is 11.5 Å². The van der Waals surface area contributed by atoms with Crippen LogP contribution < -0.4 is 20.1 Å². The topological polar surface area (TPSA) is 163 Å². The summed E-state index contributed by atoms with van der Waals surface area (Å²) in [5.74, 6) is 3.87. The normalized spacial score (nSPS) is 15.1. The Bertz CT molecular complexity index is 2650. The summed E-state index contributed by atoms with van der Waals surface area (Å²) in [5, 5.41) is 23.9. The number of ether oxygens (including phenoxy) is 2. The zero-order valence-electron chi connectivity index (χ0n) is 35.7. The lowest BCUT2D eigenvalue weighted by Crippen LogP contribution is -2.32. The van der Waals surface area contributed by atoms with Gasteiger partial charge in [0.1, 0.15) is 23.1 Å². The van der Waals surface area contributed by atoms with Crippen LogP contribution in [0, 0.1) is 32.6 Å². The number of nitrogens with one attached hydrogen (secondary N) is 2. The Kier molecular flexibility index (Phi) is 12.5. The number of benzene rings is 4. The SMILES string of the molecule is COc1ccc2c(c1)C(c1ccc(C)cc1)=N[C@@H](NC(=O)CC(C)C)c1nnc(C)n1-2.COc1ccc2c(c1)C(c1ccc(Cl)cc1)=N[C@@H](NC(=O)C(C)C)c1nnc(C)n1-2. The Labute approximate surface area is 360 Å². The minimum Gasteiger partial charge on any atom is -0.497 e. The van der Waals surface area contributed by atoms with Crippen LogP contribution >= 0.6 is 11.6 Å². The van der Waals surface area contributed by atoms with E-state index in [4.69, 9.17) is 31.1 Å². The van der Waals surface area contributed by atoms with E-state index in [2.05, 4.69) is 50.1 Å². The molecule has 2 aliphatic rings. The molecule has 0 radical (unpaired) electrons. The molecule has 2 aliphatic heterocycles. The lowest BCUT2D eigenvalue weighted by Gasteiger charge is -2.15. The van der Waals surface area contributed by atoms with Crippen LogP contribution in [0.2, 0.25) is 5.02 Å². The highest BCUT2D eigenvalue weighted by atomic mass is 35.5. The molecule has 8 rings (SSSR count). The minimum atomic E-state index is -0.690. The first kappa shape index (κ1) is 42.5. The molecule has 6 aromatic rings. The van der Waals surface area contributed by atoms with Gasteiger partial charge in [0.25, 0.3) is 0 Å². The van der Waals surface area contributed by atoms with Gasteiger partial charge in [0.2, 0.25) is 11.8 Å². The van der Waals surface area contributed by atoms with Crippen LogP contribution in [0.15, 0.2) is 94.9 Å². The van der Waals surface area contributed by atoms with Crippen molar-refractivity contribution in [1.29, 1.82) is 0 Å². The van der Waals surface area contributed by atoms with Gasteiger partial charge in [-0.2, -0.15) is 0 Å². The lowest BCUT2D eigenvalue weighted by molar-refractivity contribution is -0.125. The van der Waals surface area contributed by atoms with Gasteiger partial charge in [-0.1, -0.05) is 81.3 Å². The van der Waals surface area contributed by atoms with Gasteiger partial charge in [-0.15, -0.1) is 20.4 Å².